The fourth-order valence-corrected chi connectivity index (χ4v) is 5.86. The molecule has 0 saturated carbocycles. The van der Waals surface area contributed by atoms with Crippen molar-refractivity contribution < 1.29 is 8.42 Å². The van der Waals surface area contributed by atoms with Gasteiger partial charge in [0.1, 0.15) is 0 Å². The summed E-state index contributed by atoms with van der Waals surface area (Å²) < 4.78 is 28.8. The van der Waals surface area contributed by atoms with E-state index in [2.05, 4.69) is 11.4 Å². The average molecular weight is 300 g/mol. The molecule has 4 nitrogen and oxygen atoms in total. The largest absolute Gasteiger partial charge is 0.282 e. The Morgan fingerprint density at radius 2 is 1.95 bits per heavy atom. The van der Waals surface area contributed by atoms with Crippen molar-refractivity contribution in [2.45, 2.75) is 38.6 Å². The topological polar surface area (TPSA) is 40.6 Å². The van der Waals surface area contributed by atoms with Gasteiger partial charge in [0.05, 0.1) is 0 Å². The van der Waals surface area contributed by atoms with E-state index in [4.69, 9.17) is 0 Å². The van der Waals surface area contributed by atoms with Gasteiger partial charge >= 0.3 is 0 Å². The number of nitrogens with zero attached hydrogens (tertiary/aromatic N) is 2. The van der Waals surface area contributed by atoms with Crippen LogP contribution in [-0.2, 0) is 16.6 Å². The maximum atomic E-state index is 12.7. The van der Waals surface area contributed by atoms with Crippen LogP contribution in [0.1, 0.15) is 42.7 Å². The van der Waals surface area contributed by atoms with Gasteiger partial charge in [0.2, 0.25) is 0 Å². The van der Waals surface area contributed by atoms with E-state index >= 15 is 0 Å². The van der Waals surface area contributed by atoms with Crippen molar-refractivity contribution in [3.8, 4) is 0 Å². The highest BCUT2D eigenvalue weighted by Crippen LogP contribution is 2.35. The van der Waals surface area contributed by atoms with Gasteiger partial charge in [-0.15, -0.1) is 11.3 Å². The summed E-state index contributed by atoms with van der Waals surface area (Å²) in [6, 6.07) is 2.05. The van der Waals surface area contributed by atoms with Crippen LogP contribution in [0.15, 0.2) is 11.4 Å². The molecule has 106 valence electrons. The average Bonchev–Trinajstić information content (AvgIpc) is 2.89. The summed E-state index contributed by atoms with van der Waals surface area (Å²) in [5.74, 6) is 0. The van der Waals surface area contributed by atoms with Crippen LogP contribution in [-0.4, -0.2) is 36.7 Å². The number of thiophene rings is 1. The Balaban J connectivity index is 1.86. The quantitative estimate of drug-likeness (QED) is 0.841. The van der Waals surface area contributed by atoms with E-state index in [1.807, 2.05) is 6.92 Å². The Morgan fingerprint density at radius 1 is 1.21 bits per heavy atom. The predicted molar refractivity (Wildman–Crippen MR) is 77.5 cm³/mol. The van der Waals surface area contributed by atoms with E-state index in [1.165, 1.54) is 10.4 Å². The zero-order valence-electron chi connectivity index (χ0n) is 11.2. The van der Waals surface area contributed by atoms with E-state index in [1.54, 1.807) is 19.9 Å². The monoisotopic (exact) mass is 300 g/mol. The van der Waals surface area contributed by atoms with Crippen LogP contribution in [0.3, 0.4) is 0 Å². The van der Waals surface area contributed by atoms with Crippen LogP contribution in [0.4, 0.5) is 0 Å². The molecule has 0 amide bonds. The predicted octanol–water partition coefficient (Wildman–Crippen LogP) is 2.40. The van der Waals surface area contributed by atoms with Crippen LogP contribution < -0.4 is 0 Å². The van der Waals surface area contributed by atoms with Gasteiger partial charge in [0, 0.05) is 30.6 Å². The molecule has 1 saturated heterocycles. The maximum Gasteiger partial charge on any atom is 0.282 e. The number of piperidine rings is 1. The smallest absolute Gasteiger partial charge is 0.195 e. The third-order valence-corrected chi connectivity index (χ3v) is 7.26. The standard InChI is InChI=1S/C13H20N2O2S2/c1-11-12-6-10-18-13(12)5-9-15(11)19(16,17)14-7-3-2-4-8-14/h6,10-11H,2-5,7-9H2,1H3. The summed E-state index contributed by atoms with van der Waals surface area (Å²) in [5, 5.41) is 2.07. The molecule has 0 aromatic carbocycles. The van der Waals surface area contributed by atoms with Gasteiger partial charge < -0.3 is 0 Å². The third kappa shape index (κ3) is 2.35. The second kappa shape index (κ2) is 5.16. The molecule has 0 aliphatic carbocycles. The summed E-state index contributed by atoms with van der Waals surface area (Å²) in [7, 11) is -3.28. The summed E-state index contributed by atoms with van der Waals surface area (Å²) in [4.78, 5) is 1.34. The van der Waals surface area contributed by atoms with Crippen molar-refractivity contribution in [2.24, 2.45) is 0 Å². The summed E-state index contributed by atoms with van der Waals surface area (Å²) in [6.45, 7) is 3.99. The van der Waals surface area contributed by atoms with Gasteiger partial charge in [0.15, 0.2) is 0 Å². The van der Waals surface area contributed by atoms with Crippen LogP contribution in [0, 0.1) is 0 Å². The SMILES string of the molecule is CC1c2ccsc2CCN1S(=O)(=O)N1CCCCC1. The Bertz CT molecular complexity index is 547. The summed E-state index contributed by atoms with van der Waals surface area (Å²) in [5.41, 5.74) is 1.19. The van der Waals surface area contributed by atoms with Crippen molar-refractivity contribution in [1.29, 1.82) is 0 Å². The highest BCUT2D eigenvalue weighted by atomic mass is 32.2. The molecule has 1 aromatic rings. The molecule has 19 heavy (non-hydrogen) atoms. The van der Waals surface area contributed by atoms with Crippen molar-refractivity contribution in [3.05, 3.63) is 21.9 Å². The van der Waals surface area contributed by atoms with Gasteiger partial charge in [-0.2, -0.15) is 17.0 Å². The van der Waals surface area contributed by atoms with Gasteiger partial charge in [-0.05, 0) is 43.2 Å². The minimum absolute atomic E-state index is 0.0260. The lowest BCUT2D eigenvalue weighted by Crippen LogP contribution is -2.48. The molecule has 1 atom stereocenters. The molecule has 1 unspecified atom stereocenters. The van der Waals surface area contributed by atoms with Crippen molar-refractivity contribution in [2.75, 3.05) is 19.6 Å². The number of hydrogen-bond donors (Lipinski definition) is 0. The molecule has 2 aliphatic heterocycles. The summed E-state index contributed by atoms with van der Waals surface area (Å²) >= 11 is 1.74. The lowest BCUT2D eigenvalue weighted by atomic mass is 10.0. The zero-order valence-corrected chi connectivity index (χ0v) is 12.8. The van der Waals surface area contributed by atoms with Crippen molar-refractivity contribution in [1.82, 2.24) is 8.61 Å². The summed E-state index contributed by atoms with van der Waals surface area (Å²) in [6.07, 6.45) is 3.98. The second-order valence-corrected chi connectivity index (χ2v) is 8.19. The third-order valence-electron chi connectivity index (χ3n) is 4.16. The first-order chi connectivity index (χ1) is 9.10. The Morgan fingerprint density at radius 3 is 2.68 bits per heavy atom. The van der Waals surface area contributed by atoms with E-state index < -0.39 is 10.2 Å². The van der Waals surface area contributed by atoms with Crippen LogP contribution in [0.5, 0.6) is 0 Å². The molecule has 3 rings (SSSR count). The van der Waals surface area contributed by atoms with Crippen LogP contribution >= 0.6 is 11.3 Å². The lowest BCUT2D eigenvalue weighted by molar-refractivity contribution is 0.269. The first kappa shape index (κ1) is 13.5. The Kier molecular flexibility index (Phi) is 3.68. The molecular formula is C13H20N2O2S2. The van der Waals surface area contributed by atoms with Gasteiger partial charge in [-0.3, -0.25) is 0 Å². The molecule has 3 heterocycles. The Hall–Kier alpha value is -0.430. The normalized spacial score (nSPS) is 26.3. The molecular weight excluding hydrogens is 280 g/mol. The fourth-order valence-electron chi connectivity index (χ4n) is 3.05. The lowest BCUT2D eigenvalue weighted by Gasteiger charge is -2.37. The zero-order chi connectivity index (χ0) is 13.5. The second-order valence-electron chi connectivity index (χ2n) is 5.30. The molecule has 0 bridgehead atoms. The molecule has 1 aromatic heterocycles. The van der Waals surface area contributed by atoms with E-state index in [0.717, 1.165) is 25.7 Å². The highest BCUT2D eigenvalue weighted by molar-refractivity contribution is 7.86. The fraction of sp³-hybridized carbons (Fsp3) is 0.692. The minimum Gasteiger partial charge on any atom is -0.195 e. The van der Waals surface area contributed by atoms with E-state index in [0.29, 0.717) is 19.6 Å². The molecule has 6 heteroatoms. The van der Waals surface area contributed by atoms with Crippen LogP contribution in [0.25, 0.3) is 0 Å². The van der Waals surface area contributed by atoms with Crippen LogP contribution in [0.2, 0.25) is 0 Å². The molecule has 0 radical (unpaired) electrons. The van der Waals surface area contributed by atoms with Gasteiger partial charge in [-0.25, -0.2) is 0 Å². The number of fused-ring (bicyclic) bond motifs is 1. The highest BCUT2D eigenvalue weighted by Gasteiger charge is 2.37. The molecule has 0 spiro atoms. The van der Waals surface area contributed by atoms with Gasteiger partial charge in [-0.1, -0.05) is 6.42 Å². The number of rotatable bonds is 2. The van der Waals surface area contributed by atoms with Gasteiger partial charge in [0.25, 0.3) is 10.2 Å². The van der Waals surface area contributed by atoms with E-state index in [-0.39, 0.29) is 6.04 Å². The molecule has 0 N–H and O–H groups in total. The van der Waals surface area contributed by atoms with Crippen molar-refractivity contribution >= 4 is 21.5 Å². The molecule has 2 aliphatic rings. The van der Waals surface area contributed by atoms with E-state index in [9.17, 15) is 8.42 Å². The first-order valence-corrected chi connectivity index (χ1v) is 9.21. The maximum absolute atomic E-state index is 12.7. The molecule has 1 fully saturated rings. The number of hydrogen-bond acceptors (Lipinski definition) is 3. The minimum atomic E-state index is -3.28. The first-order valence-electron chi connectivity index (χ1n) is 6.94. The Labute approximate surface area is 119 Å². The van der Waals surface area contributed by atoms with Crippen molar-refractivity contribution in [3.63, 3.8) is 0 Å².